The number of unbranched alkanes of at least 4 members (excludes halogenated alkanes) is 8. The molecule has 0 atom stereocenters. The second kappa shape index (κ2) is 24.7. The van der Waals surface area contributed by atoms with Crippen molar-refractivity contribution in [1.82, 2.24) is 9.97 Å². The number of halogens is 2. The van der Waals surface area contributed by atoms with Gasteiger partial charge in [0.15, 0.2) is 0 Å². The summed E-state index contributed by atoms with van der Waals surface area (Å²) in [4.78, 5) is 13.5. The molecule has 11 aromatic rings. The van der Waals surface area contributed by atoms with E-state index < -0.39 is 0 Å². The third kappa shape index (κ3) is 11.5. The number of nitrogens with zero attached hydrogens (tertiary/aromatic N) is 2. The fourth-order valence-electron chi connectivity index (χ4n) is 11.3. The minimum atomic E-state index is 0.973. The maximum absolute atomic E-state index is 5.53. The molecular weight excluding hydrogens is 1080 g/mol. The van der Waals surface area contributed by atoms with Crippen LogP contribution < -0.4 is 0 Å². The molecule has 0 aliphatic rings. The third-order valence-corrected chi connectivity index (χ3v) is 17.5. The van der Waals surface area contributed by atoms with Gasteiger partial charge in [-0.3, -0.25) is 0 Å². The van der Waals surface area contributed by atoms with Crippen LogP contribution in [0.1, 0.15) is 89.2 Å². The van der Waals surface area contributed by atoms with Gasteiger partial charge in [0.1, 0.15) is 0 Å². The molecule has 0 fully saturated rings. The third-order valence-electron chi connectivity index (χ3n) is 15.2. The Morgan fingerprint density at radius 1 is 0.312 bits per heavy atom. The van der Waals surface area contributed by atoms with Gasteiger partial charge in [-0.1, -0.05) is 267 Å². The molecule has 3 heterocycles. The molecular formula is C72H64Br2N2S. The average Bonchev–Trinajstić information content (AvgIpc) is 3.91. The Morgan fingerprint density at radius 3 is 1.03 bits per heavy atom. The van der Waals surface area contributed by atoms with Crippen LogP contribution in [0, 0.1) is 0 Å². The minimum Gasteiger partial charge on any atom is -0.247 e. The first-order valence-electron chi connectivity index (χ1n) is 27.8. The maximum Gasteiger partial charge on any atom is 0.0747 e. The maximum atomic E-state index is 5.53. The van der Waals surface area contributed by atoms with Crippen molar-refractivity contribution in [3.8, 4) is 87.9 Å². The highest BCUT2D eigenvalue weighted by Crippen LogP contribution is 2.53. The predicted octanol–water partition coefficient (Wildman–Crippen LogP) is 22.7. The van der Waals surface area contributed by atoms with Gasteiger partial charge in [-0.25, -0.2) is 9.97 Å². The highest BCUT2D eigenvalue weighted by Gasteiger charge is 2.26. The molecule has 3 aromatic heterocycles. The second-order valence-corrected chi connectivity index (χ2v) is 23.3. The smallest absolute Gasteiger partial charge is 0.0747 e. The van der Waals surface area contributed by atoms with Gasteiger partial charge < -0.3 is 0 Å². The van der Waals surface area contributed by atoms with E-state index >= 15 is 0 Å². The van der Waals surface area contributed by atoms with Gasteiger partial charge in [0.25, 0.3) is 0 Å². The molecule has 77 heavy (non-hydrogen) atoms. The lowest BCUT2D eigenvalue weighted by Crippen LogP contribution is -2.00. The minimum absolute atomic E-state index is 0.973. The van der Waals surface area contributed by atoms with Crippen LogP contribution in [0.3, 0.4) is 0 Å². The number of thiophene rings is 1. The van der Waals surface area contributed by atoms with Crippen molar-refractivity contribution in [2.24, 2.45) is 0 Å². The van der Waals surface area contributed by atoms with E-state index in [4.69, 9.17) is 9.97 Å². The van der Waals surface area contributed by atoms with Crippen LogP contribution in [0.15, 0.2) is 215 Å². The van der Waals surface area contributed by atoms with Crippen LogP contribution in [-0.2, 0) is 12.8 Å². The zero-order valence-corrected chi connectivity index (χ0v) is 48.2. The van der Waals surface area contributed by atoms with Crippen molar-refractivity contribution in [2.75, 3.05) is 0 Å². The van der Waals surface area contributed by atoms with Crippen molar-refractivity contribution < 1.29 is 0 Å². The SMILES string of the molecule is CCCCCCCc1c(-c2ccc(-c3c(-c4ccc(Br)cc4)sc(-c4ccc(Br)cc4)c3-c3ccc(-c4nc5ccccc5c(-c5ccccc5)c4CCCCCCC)cc3)cc2)nc2ccccc2c1-c1ccccc1. The quantitative estimate of drug-likeness (QED) is 0.0711. The second-order valence-electron chi connectivity index (χ2n) is 20.4. The Balaban J connectivity index is 1.08. The number of para-hydroxylation sites is 2. The van der Waals surface area contributed by atoms with Crippen LogP contribution in [0.2, 0.25) is 0 Å². The van der Waals surface area contributed by atoms with E-state index in [2.05, 4.69) is 252 Å². The summed E-state index contributed by atoms with van der Waals surface area (Å²) in [7, 11) is 0. The van der Waals surface area contributed by atoms with Crippen LogP contribution in [-0.4, -0.2) is 9.97 Å². The Kier molecular flexibility index (Phi) is 16.8. The van der Waals surface area contributed by atoms with E-state index in [9.17, 15) is 0 Å². The molecule has 0 spiro atoms. The summed E-state index contributed by atoms with van der Waals surface area (Å²) in [5.74, 6) is 0. The molecule has 5 heteroatoms. The average molecular weight is 1150 g/mol. The van der Waals surface area contributed by atoms with Gasteiger partial charge >= 0.3 is 0 Å². The Labute approximate surface area is 476 Å². The van der Waals surface area contributed by atoms with Gasteiger partial charge in [0.2, 0.25) is 0 Å². The van der Waals surface area contributed by atoms with E-state index in [1.54, 1.807) is 0 Å². The topological polar surface area (TPSA) is 25.8 Å². The number of rotatable bonds is 20. The van der Waals surface area contributed by atoms with Crippen molar-refractivity contribution in [1.29, 1.82) is 0 Å². The lowest BCUT2D eigenvalue weighted by molar-refractivity contribution is 0.632. The molecule has 0 unspecified atom stereocenters. The van der Waals surface area contributed by atoms with Crippen LogP contribution in [0.4, 0.5) is 0 Å². The van der Waals surface area contributed by atoms with Gasteiger partial charge in [-0.2, -0.15) is 0 Å². The summed E-state index contributed by atoms with van der Waals surface area (Å²) in [6.07, 6.45) is 14.1. The highest BCUT2D eigenvalue weighted by molar-refractivity contribution is 9.10. The summed E-state index contributed by atoms with van der Waals surface area (Å²) in [6, 6.07) is 75.7. The molecule has 0 aliphatic heterocycles. The zero-order valence-electron chi connectivity index (χ0n) is 44.2. The lowest BCUT2D eigenvalue weighted by Gasteiger charge is -2.19. The first kappa shape index (κ1) is 52.3. The van der Waals surface area contributed by atoms with Crippen molar-refractivity contribution >= 4 is 65.0 Å². The van der Waals surface area contributed by atoms with E-state index in [0.717, 1.165) is 68.2 Å². The number of fused-ring (bicyclic) bond motifs is 2. The van der Waals surface area contributed by atoms with E-state index in [1.807, 2.05) is 11.3 Å². The largest absolute Gasteiger partial charge is 0.247 e. The molecule has 0 saturated heterocycles. The summed E-state index contributed by atoms with van der Waals surface area (Å²) in [6.45, 7) is 4.58. The Hall–Kier alpha value is -6.76. The normalized spacial score (nSPS) is 11.5. The Bertz CT molecular complexity index is 3500. The van der Waals surface area contributed by atoms with E-state index in [0.29, 0.717) is 0 Å². The number of benzene rings is 8. The number of hydrogen-bond donors (Lipinski definition) is 0. The molecule has 2 nitrogen and oxygen atoms in total. The molecule has 0 amide bonds. The van der Waals surface area contributed by atoms with Crippen LogP contribution in [0.5, 0.6) is 0 Å². The first-order chi connectivity index (χ1) is 38.0. The summed E-state index contributed by atoms with van der Waals surface area (Å²) in [5.41, 5.74) is 21.4. The molecule has 0 saturated carbocycles. The molecule has 0 N–H and O–H groups in total. The van der Waals surface area contributed by atoms with Crippen LogP contribution in [0.25, 0.3) is 110 Å². The van der Waals surface area contributed by atoms with E-state index in [1.165, 1.54) is 139 Å². The standard InChI is InChI=1S/C72H64Br2N2S/c1-3-5-7-9-17-29-61-65(49-23-13-11-14-24-49)59-27-19-21-31-63(59)75-69(61)53-37-33-51(34-38-53)67-68(72(56-43-47-58(74)48-44-56)77-71(67)55-41-45-57(73)46-42-55)52-35-39-54(40-36-52)70-62(30-18-10-8-6-4-2)66(50-25-15-12-16-26-50)60-28-20-22-32-64(60)76-70/h11-16,19-28,31-48H,3-10,17-18,29-30H2,1-2H3. The van der Waals surface area contributed by atoms with Gasteiger partial charge in [0, 0.05) is 51.7 Å². The fourth-order valence-corrected chi connectivity index (χ4v) is 13.2. The number of aromatic nitrogens is 2. The molecule has 0 aliphatic carbocycles. The summed E-state index contributed by atoms with van der Waals surface area (Å²) < 4.78 is 2.12. The number of pyridine rings is 2. The van der Waals surface area contributed by atoms with Crippen molar-refractivity contribution in [3.63, 3.8) is 0 Å². The van der Waals surface area contributed by atoms with Crippen molar-refractivity contribution in [2.45, 2.75) is 90.9 Å². The van der Waals surface area contributed by atoms with Gasteiger partial charge in [0.05, 0.1) is 22.4 Å². The predicted molar refractivity (Wildman–Crippen MR) is 339 cm³/mol. The zero-order chi connectivity index (χ0) is 52.5. The first-order valence-corrected chi connectivity index (χ1v) is 30.2. The highest BCUT2D eigenvalue weighted by atomic mass is 79.9. The summed E-state index contributed by atoms with van der Waals surface area (Å²) >= 11 is 9.38. The molecule has 11 rings (SSSR count). The lowest BCUT2D eigenvalue weighted by atomic mass is 9.87. The fraction of sp³-hybridized carbons (Fsp3) is 0.194. The number of hydrogen-bond acceptors (Lipinski definition) is 3. The van der Waals surface area contributed by atoms with E-state index in [-0.39, 0.29) is 0 Å². The van der Waals surface area contributed by atoms with Gasteiger partial charge in [-0.05, 0) is 118 Å². The Morgan fingerprint density at radius 2 is 0.636 bits per heavy atom. The van der Waals surface area contributed by atoms with Crippen LogP contribution >= 0.6 is 43.2 Å². The monoisotopic (exact) mass is 1150 g/mol. The van der Waals surface area contributed by atoms with Crippen molar-refractivity contribution in [3.05, 3.63) is 226 Å². The molecule has 0 bridgehead atoms. The summed E-state index contributed by atoms with van der Waals surface area (Å²) in [5, 5.41) is 2.42. The molecule has 8 aromatic carbocycles. The van der Waals surface area contributed by atoms with Gasteiger partial charge in [-0.15, -0.1) is 11.3 Å². The molecule has 382 valence electrons. The molecule has 0 radical (unpaired) electrons.